The van der Waals surface area contributed by atoms with Crippen molar-refractivity contribution in [1.29, 1.82) is 0 Å². The van der Waals surface area contributed by atoms with Gasteiger partial charge in [0.05, 0.1) is 13.1 Å². The minimum Gasteiger partial charge on any atom is -0.488 e. The Labute approximate surface area is 230 Å². The predicted molar refractivity (Wildman–Crippen MR) is 149 cm³/mol. The average Bonchev–Trinajstić information content (AvgIpc) is 2.97. The van der Waals surface area contributed by atoms with E-state index < -0.39 is 0 Å². The molecule has 2 aliphatic rings. The van der Waals surface area contributed by atoms with Crippen LogP contribution in [0.5, 0.6) is 17.4 Å². The fourth-order valence-corrected chi connectivity index (χ4v) is 5.19. The zero-order chi connectivity index (χ0) is 27.0. The van der Waals surface area contributed by atoms with Crippen molar-refractivity contribution in [3.63, 3.8) is 0 Å². The van der Waals surface area contributed by atoms with Crippen molar-refractivity contribution < 1.29 is 19.1 Å². The standard InChI is InChI=1S/C31H36N4O4/c1-33-18-19-35(29(36)23-34-16-13-25(14-17-34)22-24-8-3-2-4-9-24)20-21-38-27-11-5-6-12-28(27)39-30-26(31(33)37)10-7-15-32-30/h2-12,15,25H,13-14,16-23H2,1H3. The number of piperidine rings is 1. The lowest BCUT2D eigenvalue weighted by Gasteiger charge is -2.33. The highest BCUT2D eigenvalue weighted by molar-refractivity contribution is 5.96. The number of pyridine rings is 1. The number of hydrogen-bond acceptors (Lipinski definition) is 6. The molecule has 0 aliphatic carbocycles. The molecule has 3 aromatic rings. The molecule has 39 heavy (non-hydrogen) atoms. The fourth-order valence-electron chi connectivity index (χ4n) is 5.19. The Hall–Kier alpha value is -3.91. The second-order valence-electron chi connectivity index (χ2n) is 10.3. The number of aromatic nitrogens is 1. The number of rotatable bonds is 4. The van der Waals surface area contributed by atoms with Crippen LogP contribution < -0.4 is 9.47 Å². The summed E-state index contributed by atoms with van der Waals surface area (Å²) in [5.41, 5.74) is 1.75. The van der Waals surface area contributed by atoms with E-state index in [4.69, 9.17) is 9.47 Å². The number of amides is 2. The highest BCUT2D eigenvalue weighted by Gasteiger charge is 2.25. The van der Waals surface area contributed by atoms with Crippen molar-refractivity contribution in [2.24, 2.45) is 5.92 Å². The Morgan fingerprint density at radius 3 is 2.44 bits per heavy atom. The second-order valence-corrected chi connectivity index (χ2v) is 10.3. The van der Waals surface area contributed by atoms with Gasteiger partial charge in [-0.05, 0) is 68.1 Å². The summed E-state index contributed by atoms with van der Waals surface area (Å²) in [5, 5.41) is 0. The molecule has 8 nitrogen and oxygen atoms in total. The lowest BCUT2D eigenvalue weighted by Crippen LogP contribution is -2.47. The molecular formula is C31H36N4O4. The molecule has 5 rings (SSSR count). The topological polar surface area (TPSA) is 75.2 Å². The predicted octanol–water partition coefficient (Wildman–Crippen LogP) is 4.12. The van der Waals surface area contributed by atoms with Crippen LogP contribution in [0, 0.1) is 5.92 Å². The SMILES string of the molecule is CN1CCN(C(=O)CN2CCC(Cc3ccccc3)CC2)CCOc2ccccc2Oc2ncccc2C1=O. The molecule has 2 aromatic carbocycles. The quantitative estimate of drug-likeness (QED) is 0.507. The number of carbonyl (C=O) groups is 2. The number of ether oxygens (including phenoxy) is 2. The molecule has 8 heteroatoms. The third kappa shape index (κ3) is 6.95. The van der Waals surface area contributed by atoms with E-state index >= 15 is 0 Å². The van der Waals surface area contributed by atoms with E-state index in [1.165, 1.54) is 5.56 Å². The van der Waals surface area contributed by atoms with Crippen LogP contribution in [-0.2, 0) is 11.2 Å². The summed E-state index contributed by atoms with van der Waals surface area (Å²) in [6.45, 7) is 3.77. The van der Waals surface area contributed by atoms with E-state index in [0.29, 0.717) is 55.8 Å². The molecule has 0 atom stereocenters. The van der Waals surface area contributed by atoms with Crippen LogP contribution in [0.1, 0.15) is 28.8 Å². The Balaban J connectivity index is 1.24. The normalized spacial score (nSPS) is 17.5. The molecule has 0 unspecified atom stereocenters. The average molecular weight is 529 g/mol. The second kappa shape index (κ2) is 12.8. The van der Waals surface area contributed by atoms with E-state index in [-0.39, 0.29) is 17.7 Å². The van der Waals surface area contributed by atoms with Gasteiger partial charge in [0.2, 0.25) is 11.8 Å². The molecule has 3 heterocycles. The molecule has 1 aromatic heterocycles. The number of carbonyl (C=O) groups excluding carboxylic acids is 2. The van der Waals surface area contributed by atoms with Crippen LogP contribution in [0.3, 0.4) is 0 Å². The minimum absolute atomic E-state index is 0.0578. The van der Waals surface area contributed by atoms with Crippen LogP contribution in [0.15, 0.2) is 72.9 Å². The van der Waals surface area contributed by atoms with E-state index in [9.17, 15) is 9.59 Å². The maximum atomic E-state index is 13.4. The highest BCUT2D eigenvalue weighted by atomic mass is 16.5. The number of benzene rings is 2. The van der Waals surface area contributed by atoms with Crippen molar-refractivity contribution in [3.05, 3.63) is 84.1 Å². The largest absolute Gasteiger partial charge is 0.488 e. The van der Waals surface area contributed by atoms with Crippen LogP contribution in [0.4, 0.5) is 0 Å². The van der Waals surface area contributed by atoms with Crippen LogP contribution in [-0.4, -0.2) is 84.4 Å². The minimum atomic E-state index is -0.205. The van der Waals surface area contributed by atoms with Gasteiger partial charge in [0.25, 0.3) is 5.91 Å². The maximum absolute atomic E-state index is 13.4. The summed E-state index contributed by atoms with van der Waals surface area (Å²) in [6.07, 6.45) is 4.87. The molecule has 1 fully saturated rings. The van der Waals surface area contributed by atoms with Gasteiger partial charge in [-0.25, -0.2) is 4.98 Å². The zero-order valence-corrected chi connectivity index (χ0v) is 22.5. The van der Waals surface area contributed by atoms with Gasteiger partial charge < -0.3 is 19.3 Å². The van der Waals surface area contributed by atoms with Gasteiger partial charge >= 0.3 is 0 Å². The molecule has 0 N–H and O–H groups in total. The summed E-state index contributed by atoms with van der Waals surface area (Å²) >= 11 is 0. The van der Waals surface area contributed by atoms with E-state index in [0.717, 1.165) is 32.4 Å². The Morgan fingerprint density at radius 2 is 1.64 bits per heavy atom. The van der Waals surface area contributed by atoms with E-state index in [1.807, 2.05) is 23.1 Å². The lowest BCUT2D eigenvalue weighted by atomic mass is 9.90. The van der Waals surface area contributed by atoms with Gasteiger partial charge in [0.15, 0.2) is 11.5 Å². The number of likely N-dealkylation sites (N-methyl/N-ethyl adjacent to an activating group) is 1. The van der Waals surface area contributed by atoms with Crippen LogP contribution in [0.25, 0.3) is 0 Å². The lowest BCUT2D eigenvalue weighted by molar-refractivity contribution is -0.133. The molecule has 0 saturated carbocycles. The summed E-state index contributed by atoms with van der Waals surface area (Å²) in [6, 6.07) is 21.4. The Kier molecular flexibility index (Phi) is 8.73. The molecule has 204 valence electrons. The third-order valence-corrected chi connectivity index (χ3v) is 7.51. The number of fused-ring (bicyclic) bond motifs is 2. The van der Waals surface area contributed by atoms with Gasteiger partial charge in [-0.1, -0.05) is 42.5 Å². The first-order valence-electron chi connectivity index (χ1n) is 13.7. The third-order valence-electron chi connectivity index (χ3n) is 7.51. The van der Waals surface area contributed by atoms with E-state index in [1.54, 1.807) is 36.3 Å². The molecule has 0 bridgehead atoms. The monoisotopic (exact) mass is 528 g/mol. The van der Waals surface area contributed by atoms with Crippen molar-refractivity contribution in [3.8, 4) is 17.4 Å². The van der Waals surface area contributed by atoms with Crippen LogP contribution in [0.2, 0.25) is 0 Å². The van der Waals surface area contributed by atoms with Gasteiger partial charge in [-0.2, -0.15) is 0 Å². The molecule has 2 amide bonds. The Bertz CT molecular complexity index is 1260. The first-order chi connectivity index (χ1) is 19.1. The van der Waals surface area contributed by atoms with Crippen LogP contribution >= 0.6 is 0 Å². The van der Waals surface area contributed by atoms with Crippen molar-refractivity contribution >= 4 is 11.8 Å². The maximum Gasteiger partial charge on any atom is 0.259 e. The molecule has 1 saturated heterocycles. The number of nitrogens with zero attached hydrogens (tertiary/aromatic N) is 4. The summed E-state index contributed by atoms with van der Waals surface area (Å²) in [7, 11) is 1.74. The van der Waals surface area contributed by atoms with Crippen molar-refractivity contribution in [2.75, 3.05) is 52.9 Å². The fraction of sp³-hybridized carbons (Fsp3) is 0.387. The summed E-state index contributed by atoms with van der Waals surface area (Å²) < 4.78 is 12.1. The Morgan fingerprint density at radius 1 is 0.897 bits per heavy atom. The van der Waals surface area contributed by atoms with Crippen molar-refractivity contribution in [2.45, 2.75) is 19.3 Å². The first-order valence-corrected chi connectivity index (χ1v) is 13.7. The summed E-state index contributed by atoms with van der Waals surface area (Å²) in [5.74, 6) is 1.75. The molecule has 2 aliphatic heterocycles. The van der Waals surface area contributed by atoms with Gasteiger partial charge in [0, 0.05) is 26.3 Å². The summed E-state index contributed by atoms with van der Waals surface area (Å²) in [4.78, 5) is 36.7. The highest BCUT2D eigenvalue weighted by Crippen LogP contribution is 2.32. The molecule has 0 radical (unpaired) electrons. The van der Waals surface area contributed by atoms with Gasteiger partial charge in [-0.15, -0.1) is 0 Å². The smallest absolute Gasteiger partial charge is 0.259 e. The molecule has 0 spiro atoms. The number of hydrogen-bond donors (Lipinski definition) is 0. The molecular weight excluding hydrogens is 492 g/mol. The van der Waals surface area contributed by atoms with Gasteiger partial charge in [0.1, 0.15) is 12.2 Å². The number of likely N-dealkylation sites (tertiary alicyclic amines) is 1. The van der Waals surface area contributed by atoms with Gasteiger partial charge in [-0.3, -0.25) is 14.5 Å². The van der Waals surface area contributed by atoms with E-state index in [2.05, 4.69) is 40.2 Å². The zero-order valence-electron chi connectivity index (χ0n) is 22.5. The number of para-hydroxylation sites is 2. The van der Waals surface area contributed by atoms with Crippen molar-refractivity contribution in [1.82, 2.24) is 19.7 Å². The first kappa shape index (κ1) is 26.7.